The van der Waals surface area contributed by atoms with Crippen molar-refractivity contribution in [1.82, 2.24) is 0 Å². The summed E-state index contributed by atoms with van der Waals surface area (Å²) in [6.45, 7) is 0. The van der Waals surface area contributed by atoms with E-state index in [9.17, 15) is 25.9 Å². The molecule has 0 saturated carbocycles. The Morgan fingerprint density at radius 3 is 1.00 bits per heavy atom. The molecule has 14 heavy (non-hydrogen) atoms. The molecule has 0 aliphatic heterocycles. The molecule has 2 N–H and O–H groups in total. The van der Waals surface area contributed by atoms with E-state index in [0.717, 1.165) is 0 Å². The summed E-state index contributed by atoms with van der Waals surface area (Å²) in [6.07, 6.45) is 0. The SMILES string of the molecule is O=S(=O)([O-])OOS(=O)(=O)[O-].OO.[K+].[K+]. The smallest absolute Gasteiger partial charge is 0.724 e. The molecule has 0 atom stereocenters. The van der Waals surface area contributed by atoms with Crippen LogP contribution in [0.5, 0.6) is 0 Å². The first-order valence-corrected chi connectivity index (χ1v) is 4.37. The molecule has 0 rings (SSSR count). The Balaban J connectivity index is -0.000000117. The molecule has 0 saturated heterocycles. The van der Waals surface area contributed by atoms with Gasteiger partial charge in [-0.1, -0.05) is 0 Å². The van der Waals surface area contributed by atoms with E-state index in [0.29, 0.717) is 0 Å². The molecule has 0 aliphatic rings. The molecule has 0 fully saturated rings. The summed E-state index contributed by atoms with van der Waals surface area (Å²) in [6, 6.07) is 0. The van der Waals surface area contributed by atoms with Crippen LogP contribution in [-0.2, 0) is 29.5 Å². The molecule has 0 aromatic carbocycles. The Bertz CT molecular complexity index is 252. The summed E-state index contributed by atoms with van der Waals surface area (Å²) in [4.78, 5) is 0. The monoisotopic (exact) mass is 304 g/mol. The molecular formula is H2K2O10S2. The van der Waals surface area contributed by atoms with E-state index in [4.69, 9.17) is 10.5 Å². The van der Waals surface area contributed by atoms with E-state index in [-0.39, 0.29) is 103 Å². The van der Waals surface area contributed by atoms with Crippen molar-refractivity contribution in [2.75, 3.05) is 0 Å². The molecule has 0 amide bonds. The van der Waals surface area contributed by atoms with Gasteiger partial charge in [0.25, 0.3) is 0 Å². The van der Waals surface area contributed by atoms with Crippen LogP contribution in [0, 0.1) is 0 Å². The molecule has 0 spiro atoms. The van der Waals surface area contributed by atoms with Gasteiger partial charge in [-0.05, 0) is 0 Å². The molecular weight excluding hydrogens is 302 g/mol. The third kappa shape index (κ3) is 29.4. The molecule has 0 bridgehead atoms. The quantitative estimate of drug-likeness (QED) is 0.167. The predicted molar refractivity (Wildman–Crippen MR) is 26.8 cm³/mol. The normalized spacial score (nSPS) is 10.0. The Hall–Kier alpha value is 2.93. The van der Waals surface area contributed by atoms with E-state index in [1.165, 1.54) is 0 Å². The third-order valence-electron chi connectivity index (χ3n) is 0.194. The Kier molecular flexibility index (Phi) is 22.7. The van der Waals surface area contributed by atoms with Gasteiger partial charge in [0.1, 0.15) is 0 Å². The summed E-state index contributed by atoms with van der Waals surface area (Å²) < 4.78 is 61.5. The molecule has 76 valence electrons. The van der Waals surface area contributed by atoms with Crippen LogP contribution in [0.15, 0.2) is 0 Å². The molecule has 0 aromatic heterocycles. The van der Waals surface area contributed by atoms with Gasteiger partial charge in [-0.25, -0.2) is 16.8 Å². The van der Waals surface area contributed by atoms with Crippen molar-refractivity contribution in [3.63, 3.8) is 0 Å². The molecule has 0 radical (unpaired) electrons. The minimum Gasteiger partial charge on any atom is -0.724 e. The van der Waals surface area contributed by atoms with Crippen molar-refractivity contribution in [3.05, 3.63) is 0 Å². The van der Waals surface area contributed by atoms with Gasteiger partial charge in [0, 0.05) is 0 Å². The van der Waals surface area contributed by atoms with E-state index in [2.05, 4.69) is 8.67 Å². The van der Waals surface area contributed by atoms with Crippen molar-refractivity contribution in [3.8, 4) is 0 Å². The maximum atomic E-state index is 9.37. The minimum absolute atomic E-state index is 0. The van der Waals surface area contributed by atoms with Crippen LogP contribution in [0.1, 0.15) is 0 Å². The van der Waals surface area contributed by atoms with Crippen molar-refractivity contribution < 1.29 is 148 Å². The van der Waals surface area contributed by atoms with Crippen LogP contribution in [0.4, 0.5) is 0 Å². The predicted octanol–water partition coefficient (Wildman–Crippen LogP) is -8.12. The summed E-state index contributed by atoms with van der Waals surface area (Å²) in [5.74, 6) is 0. The zero-order chi connectivity index (χ0) is 10.4. The van der Waals surface area contributed by atoms with Gasteiger partial charge in [0.15, 0.2) is 0 Å². The van der Waals surface area contributed by atoms with Crippen LogP contribution in [0.2, 0.25) is 0 Å². The zero-order valence-corrected chi connectivity index (χ0v) is 14.9. The largest absolute Gasteiger partial charge is 1.00 e. The second-order valence-corrected chi connectivity index (χ2v) is 2.86. The molecule has 0 heterocycles. The van der Waals surface area contributed by atoms with Crippen molar-refractivity contribution in [2.24, 2.45) is 0 Å². The number of hydrogen-bond donors (Lipinski definition) is 2. The van der Waals surface area contributed by atoms with Crippen LogP contribution in [0.3, 0.4) is 0 Å². The fourth-order valence-electron chi connectivity index (χ4n) is 0.0680. The summed E-state index contributed by atoms with van der Waals surface area (Å²) >= 11 is 0. The third-order valence-corrected chi connectivity index (χ3v) is 0.750. The fraction of sp³-hybridized carbons (Fsp3) is 0. The zero-order valence-electron chi connectivity index (χ0n) is 6.98. The maximum Gasteiger partial charge on any atom is 1.00 e. The van der Waals surface area contributed by atoms with E-state index in [1.807, 2.05) is 0 Å². The van der Waals surface area contributed by atoms with E-state index < -0.39 is 20.8 Å². The molecule has 10 nitrogen and oxygen atoms in total. The molecule has 0 aromatic rings. The van der Waals surface area contributed by atoms with Crippen LogP contribution in [0.25, 0.3) is 0 Å². The average molecular weight is 304 g/mol. The Labute approximate surface area is 165 Å². The first-order valence-electron chi connectivity index (χ1n) is 1.70. The van der Waals surface area contributed by atoms with Crippen LogP contribution >= 0.6 is 0 Å². The van der Waals surface area contributed by atoms with Crippen molar-refractivity contribution >= 4 is 20.8 Å². The van der Waals surface area contributed by atoms with Gasteiger partial charge in [-0.15, -0.1) is 8.67 Å². The standard InChI is InChI=1S/2K.H2O8S2.H2O2/c;;1-9(2,3)7-8-10(4,5)6;1-2/h;;(H,1,2,3)(H,4,5,6);1-2H/q2*+1;;/p-2. The first kappa shape index (κ1) is 25.7. The van der Waals surface area contributed by atoms with Gasteiger partial charge in [0.2, 0.25) is 20.8 Å². The van der Waals surface area contributed by atoms with Crippen LogP contribution in [-0.4, -0.2) is 36.5 Å². The van der Waals surface area contributed by atoms with Gasteiger partial charge in [-0.2, -0.15) is 0 Å². The van der Waals surface area contributed by atoms with Gasteiger partial charge in [-0.3, -0.25) is 10.5 Å². The average Bonchev–Trinajstić information content (AvgIpc) is 1.86. The maximum absolute atomic E-state index is 9.37. The summed E-state index contributed by atoms with van der Waals surface area (Å²) in [5, 5.41) is 12.0. The second kappa shape index (κ2) is 12.4. The first-order chi connectivity index (χ1) is 5.21. The van der Waals surface area contributed by atoms with Gasteiger partial charge < -0.3 is 9.11 Å². The van der Waals surface area contributed by atoms with Gasteiger partial charge in [0.05, 0.1) is 0 Å². The Morgan fingerprint density at radius 2 is 0.929 bits per heavy atom. The fourth-order valence-corrected chi connectivity index (χ4v) is 0.612. The molecule has 0 aliphatic carbocycles. The van der Waals surface area contributed by atoms with Gasteiger partial charge >= 0.3 is 103 Å². The molecule has 0 unspecified atom stereocenters. The van der Waals surface area contributed by atoms with Crippen molar-refractivity contribution in [2.45, 2.75) is 0 Å². The summed E-state index contributed by atoms with van der Waals surface area (Å²) in [5.41, 5.74) is 0. The van der Waals surface area contributed by atoms with Crippen LogP contribution < -0.4 is 103 Å². The summed E-state index contributed by atoms with van der Waals surface area (Å²) in [7, 11) is -10.6. The Morgan fingerprint density at radius 1 is 0.786 bits per heavy atom. The topological polar surface area (TPSA) is 173 Å². The number of rotatable bonds is 3. The van der Waals surface area contributed by atoms with Crippen molar-refractivity contribution in [1.29, 1.82) is 0 Å². The molecule has 14 heteroatoms. The van der Waals surface area contributed by atoms with E-state index >= 15 is 0 Å². The van der Waals surface area contributed by atoms with E-state index in [1.54, 1.807) is 0 Å². The second-order valence-electron chi connectivity index (χ2n) is 0.953. The number of hydrogen-bond acceptors (Lipinski definition) is 10. The minimum atomic E-state index is -5.31.